The molecule has 108 valence electrons. The molecule has 5 heteroatoms. The molecule has 0 aliphatic heterocycles. The van der Waals surface area contributed by atoms with Gasteiger partial charge < -0.3 is 14.4 Å². The second-order valence-electron chi connectivity index (χ2n) is 4.91. The molecule has 1 atom stereocenters. The third kappa shape index (κ3) is 2.54. The molecular weight excluding hydrogens is 256 g/mol. The maximum Gasteiger partial charge on any atom is 0.261 e. The summed E-state index contributed by atoms with van der Waals surface area (Å²) < 4.78 is 11.0. The van der Waals surface area contributed by atoms with E-state index in [1.54, 1.807) is 6.07 Å². The number of benzene rings is 1. The van der Waals surface area contributed by atoms with Crippen LogP contribution in [0.25, 0.3) is 11.5 Å². The van der Waals surface area contributed by atoms with Gasteiger partial charge in [-0.15, -0.1) is 0 Å². The van der Waals surface area contributed by atoms with Crippen molar-refractivity contribution in [3.05, 3.63) is 29.6 Å². The van der Waals surface area contributed by atoms with Gasteiger partial charge in [-0.05, 0) is 38.8 Å². The second-order valence-corrected chi connectivity index (χ2v) is 4.91. The maximum absolute atomic E-state index is 10.1. The fraction of sp³-hybridized carbons (Fsp3) is 0.467. The Morgan fingerprint density at radius 3 is 2.75 bits per heavy atom. The zero-order valence-electron chi connectivity index (χ0n) is 12.3. The summed E-state index contributed by atoms with van der Waals surface area (Å²) in [5.41, 5.74) is 0.736. The van der Waals surface area contributed by atoms with E-state index in [0.29, 0.717) is 23.9 Å². The lowest BCUT2D eigenvalue weighted by Crippen LogP contribution is -2.26. The van der Waals surface area contributed by atoms with Gasteiger partial charge in [0.05, 0.1) is 5.56 Å². The standard InChI is InChI=1S/C15H20N2O3/c1-5-15(4,19-6-2)14-16-13(20-17-14)11-9-7-8-10(3)12(11)18/h7-9,18H,5-6H2,1-4H3. The molecule has 5 nitrogen and oxygen atoms in total. The molecule has 1 aromatic carbocycles. The van der Waals surface area contributed by atoms with Gasteiger partial charge >= 0.3 is 0 Å². The Balaban J connectivity index is 2.40. The highest BCUT2D eigenvalue weighted by Gasteiger charge is 2.31. The van der Waals surface area contributed by atoms with Crippen LogP contribution in [0.3, 0.4) is 0 Å². The molecule has 1 aromatic heterocycles. The average molecular weight is 276 g/mol. The summed E-state index contributed by atoms with van der Waals surface area (Å²) in [6.07, 6.45) is 0.736. The molecule has 0 saturated heterocycles. The number of aryl methyl sites for hydroxylation is 1. The molecule has 20 heavy (non-hydrogen) atoms. The maximum atomic E-state index is 10.1. The Bertz CT molecular complexity index is 595. The number of rotatable bonds is 5. The van der Waals surface area contributed by atoms with Crippen molar-refractivity contribution in [1.29, 1.82) is 0 Å². The van der Waals surface area contributed by atoms with E-state index in [0.717, 1.165) is 12.0 Å². The van der Waals surface area contributed by atoms with E-state index >= 15 is 0 Å². The van der Waals surface area contributed by atoms with Crippen molar-refractivity contribution < 1.29 is 14.4 Å². The van der Waals surface area contributed by atoms with Crippen LogP contribution >= 0.6 is 0 Å². The highest BCUT2D eigenvalue weighted by atomic mass is 16.5. The largest absolute Gasteiger partial charge is 0.507 e. The van der Waals surface area contributed by atoms with Gasteiger partial charge in [0.1, 0.15) is 11.4 Å². The summed E-state index contributed by atoms with van der Waals surface area (Å²) in [5, 5.41) is 14.1. The highest BCUT2D eigenvalue weighted by molar-refractivity contribution is 5.64. The molecule has 0 saturated carbocycles. The molecule has 2 rings (SSSR count). The lowest BCUT2D eigenvalue weighted by molar-refractivity contribution is -0.0403. The van der Waals surface area contributed by atoms with E-state index in [9.17, 15) is 5.11 Å². The van der Waals surface area contributed by atoms with Gasteiger partial charge in [-0.1, -0.05) is 24.2 Å². The van der Waals surface area contributed by atoms with Gasteiger partial charge in [0.15, 0.2) is 0 Å². The van der Waals surface area contributed by atoms with E-state index in [4.69, 9.17) is 9.26 Å². The van der Waals surface area contributed by atoms with Crippen molar-refractivity contribution in [2.75, 3.05) is 6.61 Å². The first-order valence-electron chi connectivity index (χ1n) is 6.79. The van der Waals surface area contributed by atoms with E-state index in [2.05, 4.69) is 10.1 Å². The summed E-state index contributed by atoms with van der Waals surface area (Å²) in [4.78, 5) is 4.38. The third-order valence-corrected chi connectivity index (χ3v) is 3.50. The highest BCUT2D eigenvalue weighted by Crippen LogP contribution is 2.33. The fourth-order valence-corrected chi connectivity index (χ4v) is 2.02. The predicted octanol–water partition coefficient (Wildman–Crippen LogP) is 3.41. The molecule has 0 aliphatic rings. The molecule has 1 N–H and O–H groups in total. The number of aromatic nitrogens is 2. The smallest absolute Gasteiger partial charge is 0.261 e. The van der Waals surface area contributed by atoms with Crippen LogP contribution in [0, 0.1) is 6.92 Å². The molecule has 0 fully saturated rings. The van der Waals surface area contributed by atoms with E-state index < -0.39 is 5.60 Å². The van der Waals surface area contributed by atoms with Crippen LogP contribution in [-0.2, 0) is 10.3 Å². The molecule has 0 amide bonds. The Labute approximate surface area is 118 Å². The van der Waals surface area contributed by atoms with Crippen LogP contribution in [0.2, 0.25) is 0 Å². The first kappa shape index (κ1) is 14.5. The molecule has 0 aliphatic carbocycles. The van der Waals surface area contributed by atoms with Crippen molar-refractivity contribution in [3.63, 3.8) is 0 Å². The number of para-hydroxylation sites is 1. The van der Waals surface area contributed by atoms with Crippen LogP contribution in [0.15, 0.2) is 22.7 Å². The van der Waals surface area contributed by atoms with E-state index in [-0.39, 0.29) is 5.75 Å². The van der Waals surface area contributed by atoms with Crippen molar-refractivity contribution >= 4 is 0 Å². The Hall–Kier alpha value is -1.88. The Morgan fingerprint density at radius 1 is 1.35 bits per heavy atom. The van der Waals surface area contributed by atoms with Gasteiger partial charge in [0, 0.05) is 6.61 Å². The lowest BCUT2D eigenvalue weighted by atomic mass is 10.0. The third-order valence-electron chi connectivity index (χ3n) is 3.50. The van der Waals surface area contributed by atoms with Gasteiger partial charge in [0.2, 0.25) is 5.82 Å². The minimum absolute atomic E-state index is 0.164. The molecular formula is C15H20N2O3. The Morgan fingerprint density at radius 2 is 2.10 bits per heavy atom. The van der Waals surface area contributed by atoms with Crippen LogP contribution < -0.4 is 0 Å². The van der Waals surface area contributed by atoms with Crippen molar-refractivity contribution in [1.82, 2.24) is 10.1 Å². The van der Waals surface area contributed by atoms with Crippen LogP contribution in [0.1, 0.15) is 38.6 Å². The summed E-state index contributed by atoms with van der Waals surface area (Å²) in [6, 6.07) is 5.42. The number of phenols is 1. The topological polar surface area (TPSA) is 68.4 Å². The molecule has 1 unspecified atom stereocenters. The number of ether oxygens (including phenoxy) is 1. The monoisotopic (exact) mass is 276 g/mol. The minimum atomic E-state index is -0.573. The SMILES string of the molecule is CCOC(C)(CC)c1noc(-c2cccc(C)c2O)n1. The van der Waals surface area contributed by atoms with E-state index in [1.807, 2.05) is 39.8 Å². The molecule has 2 aromatic rings. The second kappa shape index (κ2) is 5.63. The van der Waals surface area contributed by atoms with E-state index in [1.165, 1.54) is 0 Å². The minimum Gasteiger partial charge on any atom is -0.507 e. The average Bonchev–Trinajstić information content (AvgIpc) is 2.92. The van der Waals surface area contributed by atoms with Crippen molar-refractivity contribution in [2.45, 2.75) is 39.7 Å². The van der Waals surface area contributed by atoms with Crippen LogP contribution in [0.5, 0.6) is 5.75 Å². The number of aromatic hydroxyl groups is 1. The van der Waals surface area contributed by atoms with Gasteiger partial charge in [-0.2, -0.15) is 4.98 Å². The van der Waals surface area contributed by atoms with Crippen molar-refractivity contribution in [2.24, 2.45) is 0 Å². The summed E-state index contributed by atoms with van der Waals surface area (Å²) in [6.45, 7) is 8.27. The number of nitrogens with zero attached hydrogens (tertiary/aromatic N) is 2. The van der Waals surface area contributed by atoms with Crippen molar-refractivity contribution in [3.8, 4) is 17.2 Å². The lowest BCUT2D eigenvalue weighted by Gasteiger charge is -2.23. The van der Waals surface area contributed by atoms with Crippen LogP contribution in [-0.4, -0.2) is 21.9 Å². The number of phenolic OH excluding ortho intramolecular Hbond substituents is 1. The number of hydrogen-bond acceptors (Lipinski definition) is 5. The molecule has 0 radical (unpaired) electrons. The first-order chi connectivity index (χ1) is 9.51. The van der Waals surface area contributed by atoms with Gasteiger partial charge in [-0.3, -0.25) is 0 Å². The van der Waals surface area contributed by atoms with Crippen LogP contribution in [0.4, 0.5) is 0 Å². The molecule has 0 bridgehead atoms. The summed E-state index contributed by atoms with van der Waals surface area (Å²) >= 11 is 0. The van der Waals surface area contributed by atoms with Gasteiger partial charge in [-0.25, -0.2) is 0 Å². The van der Waals surface area contributed by atoms with Gasteiger partial charge in [0.25, 0.3) is 5.89 Å². The first-order valence-corrected chi connectivity index (χ1v) is 6.79. The fourth-order valence-electron chi connectivity index (χ4n) is 2.02. The normalized spacial score (nSPS) is 14.2. The number of hydrogen-bond donors (Lipinski definition) is 1. The Kier molecular flexibility index (Phi) is 4.09. The zero-order chi connectivity index (χ0) is 14.8. The molecule has 0 spiro atoms. The summed E-state index contributed by atoms with van der Waals surface area (Å²) in [5.74, 6) is 0.968. The zero-order valence-corrected chi connectivity index (χ0v) is 12.3. The quantitative estimate of drug-likeness (QED) is 0.906. The molecule has 1 heterocycles. The summed E-state index contributed by atoms with van der Waals surface area (Å²) in [7, 11) is 0. The predicted molar refractivity (Wildman–Crippen MR) is 75.4 cm³/mol.